The molecule has 0 spiro atoms. The maximum absolute atomic E-state index is 13.3. The number of carbonyl (C=O) groups is 1. The number of fused-ring (bicyclic) bond motifs is 2. The van der Waals surface area contributed by atoms with Crippen LogP contribution in [0, 0.1) is 40.9 Å². The summed E-state index contributed by atoms with van der Waals surface area (Å²) < 4.78 is 5.63. The summed E-state index contributed by atoms with van der Waals surface area (Å²) in [4.78, 5) is 13.3. The first kappa shape index (κ1) is 22.1. The number of rotatable bonds is 3. The number of aryl methyl sites for hydroxylation is 1. The van der Waals surface area contributed by atoms with E-state index in [0.717, 1.165) is 38.1 Å². The molecule has 172 valence electrons. The zero-order chi connectivity index (χ0) is 25.7. The van der Waals surface area contributed by atoms with Crippen molar-refractivity contribution in [3.05, 3.63) is 106 Å². The number of carbonyl (C=O) groups excluding carboxylic acids is 1. The highest BCUT2D eigenvalue weighted by molar-refractivity contribution is 6.36. The molecular formula is C32H17N3O2. The van der Waals surface area contributed by atoms with Crippen molar-refractivity contribution in [1.29, 1.82) is 15.8 Å². The van der Waals surface area contributed by atoms with Gasteiger partial charge in [-0.3, -0.25) is 0 Å². The molecule has 5 nitrogen and oxygen atoms in total. The Kier molecular flexibility index (Phi) is 4.97. The van der Waals surface area contributed by atoms with Gasteiger partial charge in [0.05, 0.1) is 40.5 Å². The van der Waals surface area contributed by atoms with Crippen LogP contribution < -0.4 is 0 Å². The van der Waals surface area contributed by atoms with E-state index in [-0.39, 0.29) is 17.7 Å². The van der Waals surface area contributed by atoms with Crippen LogP contribution in [-0.4, -0.2) is 5.97 Å². The van der Waals surface area contributed by atoms with Crippen molar-refractivity contribution in [3.8, 4) is 18.2 Å². The maximum atomic E-state index is 13.3. The summed E-state index contributed by atoms with van der Waals surface area (Å²) >= 11 is 0. The highest BCUT2D eigenvalue weighted by Gasteiger charge is 2.24. The third-order valence-electron chi connectivity index (χ3n) is 7.01. The first-order valence-corrected chi connectivity index (χ1v) is 11.7. The van der Waals surface area contributed by atoms with Crippen LogP contribution in [-0.2, 0) is 11.3 Å². The van der Waals surface area contributed by atoms with Crippen LogP contribution in [0.4, 0.5) is 0 Å². The summed E-state index contributed by atoms with van der Waals surface area (Å²) in [6.45, 7) is 2.07. The van der Waals surface area contributed by atoms with Gasteiger partial charge in [-0.25, -0.2) is 4.79 Å². The van der Waals surface area contributed by atoms with Crippen molar-refractivity contribution < 1.29 is 9.53 Å². The Labute approximate surface area is 212 Å². The van der Waals surface area contributed by atoms with Gasteiger partial charge >= 0.3 is 5.97 Å². The monoisotopic (exact) mass is 475 g/mol. The SMILES string of the molecule is Cc1ccc2c3c(C#N)cc(C#N)c4c(C(=O)OCc5ccccc5)ccc(c5ccc(C#N)c1c52)c43. The molecule has 0 amide bonds. The Morgan fingerprint density at radius 1 is 0.676 bits per heavy atom. The standard InChI is InChI=1S/C32H17N3O2/c1-18-7-9-25-28-21(15-34)13-22(16-35)29-26(32(36)37-17-19-5-3-2-4-6-19)12-11-24(31(28)29)23-10-8-20(14-33)27(18)30(23)25/h2-13H,17H2,1H3. The number of benzene rings is 6. The molecule has 0 unspecified atom stereocenters. The van der Waals surface area contributed by atoms with E-state index in [1.54, 1.807) is 18.2 Å². The minimum atomic E-state index is -0.540. The number of nitrogens with zero attached hydrogens (tertiary/aromatic N) is 3. The molecule has 0 fully saturated rings. The largest absolute Gasteiger partial charge is 0.457 e. The van der Waals surface area contributed by atoms with Gasteiger partial charge in [-0.2, -0.15) is 15.8 Å². The molecule has 0 aromatic heterocycles. The van der Waals surface area contributed by atoms with Crippen molar-refractivity contribution >= 4 is 49.1 Å². The average molecular weight is 476 g/mol. The second-order valence-electron chi connectivity index (χ2n) is 9.00. The van der Waals surface area contributed by atoms with Gasteiger partial charge in [0.2, 0.25) is 0 Å². The molecule has 0 N–H and O–H groups in total. The Balaban J connectivity index is 1.73. The van der Waals surface area contributed by atoms with E-state index in [9.17, 15) is 20.6 Å². The molecule has 6 rings (SSSR count). The van der Waals surface area contributed by atoms with E-state index >= 15 is 0 Å². The van der Waals surface area contributed by atoms with E-state index in [2.05, 4.69) is 18.2 Å². The molecule has 0 saturated carbocycles. The van der Waals surface area contributed by atoms with Gasteiger partial charge in [0.1, 0.15) is 6.61 Å². The zero-order valence-corrected chi connectivity index (χ0v) is 19.8. The number of hydrogen-bond donors (Lipinski definition) is 0. The van der Waals surface area contributed by atoms with E-state index in [4.69, 9.17) is 4.74 Å². The van der Waals surface area contributed by atoms with E-state index in [1.807, 2.05) is 61.5 Å². The molecule has 0 aliphatic rings. The minimum absolute atomic E-state index is 0.103. The highest BCUT2D eigenvalue weighted by atomic mass is 16.5. The van der Waals surface area contributed by atoms with Gasteiger partial charge in [0, 0.05) is 21.5 Å². The van der Waals surface area contributed by atoms with Crippen LogP contribution in [0.1, 0.15) is 38.2 Å². The molecule has 0 aliphatic heterocycles. The predicted octanol–water partition coefficient (Wildman–Crippen LogP) is 7.02. The molecule has 6 aromatic rings. The lowest BCUT2D eigenvalue weighted by Crippen LogP contribution is -2.07. The Bertz CT molecular complexity index is 2040. The van der Waals surface area contributed by atoms with Crippen LogP contribution in [0.2, 0.25) is 0 Å². The molecule has 0 atom stereocenters. The van der Waals surface area contributed by atoms with Gasteiger partial charge in [-0.15, -0.1) is 0 Å². The number of esters is 1. The van der Waals surface area contributed by atoms with Crippen molar-refractivity contribution in [3.63, 3.8) is 0 Å². The van der Waals surface area contributed by atoms with E-state index in [0.29, 0.717) is 27.3 Å². The molecule has 5 heteroatoms. The Hall–Kier alpha value is -5.44. The van der Waals surface area contributed by atoms with Crippen LogP contribution >= 0.6 is 0 Å². The Morgan fingerprint density at radius 3 is 2.05 bits per heavy atom. The third kappa shape index (κ3) is 3.18. The van der Waals surface area contributed by atoms with Crippen molar-refractivity contribution in [2.24, 2.45) is 0 Å². The second-order valence-corrected chi connectivity index (χ2v) is 9.00. The minimum Gasteiger partial charge on any atom is -0.457 e. The summed E-state index contributed by atoms with van der Waals surface area (Å²) in [5.74, 6) is -0.540. The first-order valence-electron chi connectivity index (χ1n) is 11.7. The van der Waals surface area contributed by atoms with Crippen LogP contribution in [0.15, 0.2) is 72.8 Å². The predicted molar refractivity (Wildman–Crippen MR) is 142 cm³/mol. The van der Waals surface area contributed by atoms with Gasteiger partial charge in [-0.05, 0) is 57.8 Å². The molecule has 0 saturated heterocycles. The lowest BCUT2D eigenvalue weighted by Gasteiger charge is -2.19. The molecule has 0 heterocycles. The second kappa shape index (κ2) is 8.35. The topological polar surface area (TPSA) is 97.7 Å². The smallest absolute Gasteiger partial charge is 0.339 e. The first-order chi connectivity index (χ1) is 18.1. The summed E-state index contributed by atoms with van der Waals surface area (Å²) in [7, 11) is 0. The fourth-order valence-corrected chi connectivity index (χ4v) is 5.41. The lowest BCUT2D eigenvalue weighted by molar-refractivity contribution is 0.0475. The molecule has 37 heavy (non-hydrogen) atoms. The fourth-order valence-electron chi connectivity index (χ4n) is 5.41. The van der Waals surface area contributed by atoms with Crippen molar-refractivity contribution in [2.75, 3.05) is 0 Å². The molecular weight excluding hydrogens is 458 g/mol. The summed E-state index contributed by atoms with van der Waals surface area (Å²) in [5.41, 5.74) is 3.24. The quantitative estimate of drug-likeness (QED) is 0.156. The third-order valence-corrected chi connectivity index (χ3v) is 7.01. The number of hydrogen-bond acceptors (Lipinski definition) is 5. The van der Waals surface area contributed by atoms with Crippen molar-refractivity contribution in [2.45, 2.75) is 13.5 Å². The van der Waals surface area contributed by atoms with Crippen molar-refractivity contribution in [1.82, 2.24) is 0 Å². The lowest BCUT2D eigenvalue weighted by atomic mass is 9.83. The van der Waals surface area contributed by atoms with E-state index in [1.165, 1.54) is 0 Å². The van der Waals surface area contributed by atoms with Gasteiger partial charge in [-0.1, -0.05) is 54.6 Å². The molecule has 6 aromatic carbocycles. The normalized spacial score (nSPS) is 11.0. The fraction of sp³-hybridized carbons (Fsp3) is 0.0625. The van der Waals surface area contributed by atoms with Gasteiger partial charge < -0.3 is 4.74 Å². The number of nitriles is 3. The highest BCUT2D eigenvalue weighted by Crippen LogP contribution is 2.45. The average Bonchev–Trinajstić information content (AvgIpc) is 2.95. The summed E-state index contributed by atoms with van der Waals surface area (Å²) in [6.07, 6.45) is 0. The molecule has 0 aliphatic carbocycles. The van der Waals surface area contributed by atoms with E-state index < -0.39 is 5.97 Å². The summed E-state index contributed by atoms with van der Waals surface area (Å²) in [5, 5.41) is 36.0. The van der Waals surface area contributed by atoms with Crippen LogP contribution in [0.25, 0.3) is 43.1 Å². The van der Waals surface area contributed by atoms with Gasteiger partial charge in [0.25, 0.3) is 0 Å². The Morgan fingerprint density at radius 2 is 1.32 bits per heavy atom. The summed E-state index contributed by atoms with van der Waals surface area (Å²) in [6, 6.07) is 28.8. The van der Waals surface area contributed by atoms with Gasteiger partial charge in [0.15, 0.2) is 0 Å². The number of ether oxygens (including phenoxy) is 1. The molecule has 0 bridgehead atoms. The van der Waals surface area contributed by atoms with Crippen LogP contribution in [0.5, 0.6) is 0 Å². The molecule has 0 radical (unpaired) electrons. The zero-order valence-electron chi connectivity index (χ0n) is 19.8. The van der Waals surface area contributed by atoms with Crippen LogP contribution in [0.3, 0.4) is 0 Å². The maximum Gasteiger partial charge on any atom is 0.339 e.